The number of rotatable bonds is 7. The molecule has 0 saturated heterocycles. The number of hydrogen-bond donors (Lipinski definition) is 0. The summed E-state index contributed by atoms with van der Waals surface area (Å²) in [4.78, 5) is 30.1. The Morgan fingerprint density at radius 2 is 2.04 bits per heavy atom. The molecule has 0 spiro atoms. The Morgan fingerprint density at radius 1 is 1.32 bits per heavy atom. The first-order valence-electron chi connectivity index (χ1n) is 8.40. The molecule has 0 bridgehead atoms. The molecule has 0 amide bonds. The summed E-state index contributed by atoms with van der Waals surface area (Å²) in [5, 5.41) is 4.04. The van der Waals surface area contributed by atoms with Gasteiger partial charge in [0.1, 0.15) is 12.4 Å². The predicted octanol–water partition coefficient (Wildman–Crippen LogP) is 4.07. The number of benzene rings is 1. The van der Waals surface area contributed by atoms with E-state index in [1.165, 1.54) is 0 Å². The van der Waals surface area contributed by atoms with Crippen molar-refractivity contribution in [2.24, 2.45) is 11.1 Å². The minimum absolute atomic E-state index is 0.0718. The number of allylic oxidation sites excluding steroid dienone is 2. The van der Waals surface area contributed by atoms with Crippen molar-refractivity contribution in [2.75, 3.05) is 6.61 Å². The van der Waals surface area contributed by atoms with Gasteiger partial charge in [-0.15, -0.1) is 0 Å². The van der Waals surface area contributed by atoms with Gasteiger partial charge in [0.25, 0.3) is 0 Å². The first-order chi connectivity index (χ1) is 12.1. The number of carbonyl (C=O) groups excluding carboxylic acids is 2. The molecule has 1 aromatic carbocycles. The molecule has 0 fully saturated rings. The molecule has 0 aliphatic heterocycles. The van der Waals surface area contributed by atoms with Gasteiger partial charge < -0.3 is 9.57 Å². The van der Waals surface area contributed by atoms with E-state index < -0.39 is 5.97 Å². The maximum atomic E-state index is 12.6. The van der Waals surface area contributed by atoms with E-state index in [-0.39, 0.29) is 18.3 Å². The van der Waals surface area contributed by atoms with Gasteiger partial charge in [-0.05, 0) is 24.5 Å². The normalized spacial score (nSPS) is 18.1. The van der Waals surface area contributed by atoms with Crippen LogP contribution in [-0.4, -0.2) is 24.1 Å². The number of hydrogen-bond acceptors (Lipinski definition) is 5. The fourth-order valence-corrected chi connectivity index (χ4v) is 2.68. The molecule has 1 aliphatic carbocycles. The van der Waals surface area contributed by atoms with Crippen molar-refractivity contribution in [1.82, 2.24) is 0 Å². The van der Waals surface area contributed by atoms with Gasteiger partial charge in [0.15, 0.2) is 5.78 Å². The van der Waals surface area contributed by atoms with Gasteiger partial charge in [-0.3, -0.25) is 4.79 Å². The van der Waals surface area contributed by atoms with E-state index in [1.807, 2.05) is 19.9 Å². The Morgan fingerprint density at radius 3 is 2.68 bits per heavy atom. The number of carbonyl (C=O) groups is 2. The zero-order valence-electron chi connectivity index (χ0n) is 14.7. The number of ketones is 1. The molecule has 25 heavy (non-hydrogen) atoms. The van der Waals surface area contributed by atoms with Crippen LogP contribution in [0.25, 0.3) is 0 Å². The van der Waals surface area contributed by atoms with Crippen LogP contribution in [0.15, 0.2) is 59.5 Å². The molecule has 5 nitrogen and oxygen atoms in total. The molecule has 0 radical (unpaired) electrons. The summed E-state index contributed by atoms with van der Waals surface area (Å²) in [5.41, 5.74) is 1.31. The summed E-state index contributed by atoms with van der Waals surface area (Å²) in [5.74, 6) is -0.0580. The SMILES string of the molecule is C=CCO/N=C(/CC)C1=C(OC(=O)c2ccccc2)CC(C)CC1=O. The van der Waals surface area contributed by atoms with Crippen LogP contribution in [0.5, 0.6) is 0 Å². The van der Waals surface area contributed by atoms with Crippen molar-refractivity contribution in [2.45, 2.75) is 33.1 Å². The lowest BCUT2D eigenvalue weighted by Crippen LogP contribution is -2.25. The zero-order valence-corrected chi connectivity index (χ0v) is 14.7. The minimum Gasteiger partial charge on any atom is -0.427 e. The Bertz CT molecular complexity index is 704. The third-order valence-electron chi connectivity index (χ3n) is 3.84. The average Bonchev–Trinajstić information content (AvgIpc) is 2.60. The van der Waals surface area contributed by atoms with Gasteiger partial charge in [-0.25, -0.2) is 4.79 Å². The summed E-state index contributed by atoms with van der Waals surface area (Å²) in [6.07, 6.45) is 2.99. The first kappa shape index (κ1) is 18.6. The van der Waals surface area contributed by atoms with Crippen LogP contribution < -0.4 is 0 Å². The largest absolute Gasteiger partial charge is 0.427 e. The molecular formula is C20H23NO4. The summed E-state index contributed by atoms with van der Waals surface area (Å²) < 4.78 is 5.58. The lowest BCUT2D eigenvalue weighted by Gasteiger charge is -2.23. The highest BCUT2D eigenvalue weighted by atomic mass is 16.6. The second kappa shape index (κ2) is 8.97. The quantitative estimate of drug-likeness (QED) is 0.247. The molecule has 2 rings (SSSR count). The fourth-order valence-electron chi connectivity index (χ4n) is 2.68. The van der Waals surface area contributed by atoms with E-state index in [0.717, 1.165) is 0 Å². The predicted molar refractivity (Wildman–Crippen MR) is 96.2 cm³/mol. The van der Waals surface area contributed by atoms with Crippen LogP contribution in [-0.2, 0) is 14.4 Å². The van der Waals surface area contributed by atoms with Crippen molar-refractivity contribution < 1.29 is 19.2 Å². The third kappa shape index (κ3) is 4.89. The van der Waals surface area contributed by atoms with Crippen molar-refractivity contribution >= 4 is 17.5 Å². The van der Waals surface area contributed by atoms with Crippen LogP contribution in [0.3, 0.4) is 0 Å². The van der Waals surface area contributed by atoms with Gasteiger partial charge in [0, 0.05) is 12.8 Å². The van der Waals surface area contributed by atoms with Crippen LogP contribution in [0, 0.1) is 5.92 Å². The Hall–Kier alpha value is -2.69. The molecule has 0 heterocycles. The maximum absolute atomic E-state index is 12.6. The summed E-state index contributed by atoms with van der Waals surface area (Å²) in [7, 11) is 0. The van der Waals surface area contributed by atoms with E-state index in [9.17, 15) is 9.59 Å². The second-order valence-corrected chi connectivity index (χ2v) is 5.97. The minimum atomic E-state index is -0.475. The van der Waals surface area contributed by atoms with Crippen LogP contribution in [0.4, 0.5) is 0 Å². The lowest BCUT2D eigenvalue weighted by atomic mass is 9.85. The van der Waals surface area contributed by atoms with E-state index in [2.05, 4.69) is 11.7 Å². The molecule has 132 valence electrons. The molecule has 1 unspecified atom stereocenters. The number of ether oxygens (including phenoxy) is 1. The number of Topliss-reactive ketones (excluding diaryl/α,β-unsaturated/α-hetero) is 1. The standard InChI is InChI=1S/C20H23NO4/c1-4-11-24-21-16(5-2)19-17(22)12-14(3)13-18(19)25-20(23)15-9-7-6-8-10-15/h4,6-10,14H,1,5,11-13H2,2-3H3/b21-16-. The first-order valence-corrected chi connectivity index (χ1v) is 8.40. The zero-order chi connectivity index (χ0) is 18.2. The van der Waals surface area contributed by atoms with E-state index in [4.69, 9.17) is 9.57 Å². The van der Waals surface area contributed by atoms with Gasteiger partial charge in [0.2, 0.25) is 0 Å². The molecule has 5 heteroatoms. The fraction of sp³-hybridized carbons (Fsp3) is 0.350. The van der Waals surface area contributed by atoms with Crippen molar-refractivity contribution in [3.05, 3.63) is 59.9 Å². The van der Waals surface area contributed by atoms with Crippen LogP contribution in [0.2, 0.25) is 0 Å². The summed E-state index contributed by atoms with van der Waals surface area (Å²) >= 11 is 0. The Kier molecular flexibility index (Phi) is 6.69. The molecule has 0 N–H and O–H groups in total. The van der Waals surface area contributed by atoms with E-state index in [1.54, 1.807) is 30.3 Å². The second-order valence-electron chi connectivity index (χ2n) is 5.97. The van der Waals surface area contributed by atoms with Gasteiger partial charge >= 0.3 is 5.97 Å². The topological polar surface area (TPSA) is 65.0 Å². The van der Waals surface area contributed by atoms with E-state index in [0.29, 0.717) is 41.9 Å². The monoisotopic (exact) mass is 341 g/mol. The highest BCUT2D eigenvalue weighted by Crippen LogP contribution is 2.30. The molecule has 1 aromatic rings. The maximum Gasteiger partial charge on any atom is 0.343 e. The van der Waals surface area contributed by atoms with Gasteiger partial charge in [-0.1, -0.05) is 49.9 Å². The smallest absolute Gasteiger partial charge is 0.343 e. The van der Waals surface area contributed by atoms with E-state index >= 15 is 0 Å². The molecule has 0 aromatic heterocycles. The van der Waals surface area contributed by atoms with Crippen molar-refractivity contribution in [3.63, 3.8) is 0 Å². The summed E-state index contributed by atoms with van der Waals surface area (Å²) in [6.45, 7) is 7.66. The Balaban J connectivity index is 2.35. The molecular weight excluding hydrogens is 318 g/mol. The van der Waals surface area contributed by atoms with Crippen molar-refractivity contribution in [3.8, 4) is 0 Å². The highest BCUT2D eigenvalue weighted by Gasteiger charge is 2.31. The number of nitrogens with zero attached hydrogens (tertiary/aromatic N) is 1. The number of oxime groups is 1. The molecule has 0 saturated carbocycles. The third-order valence-corrected chi connectivity index (χ3v) is 3.84. The van der Waals surface area contributed by atoms with Crippen molar-refractivity contribution in [1.29, 1.82) is 0 Å². The average molecular weight is 341 g/mol. The Labute approximate surface area is 148 Å². The number of esters is 1. The van der Waals surface area contributed by atoms with Crippen LogP contribution >= 0.6 is 0 Å². The highest BCUT2D eigenvalue weighted by molar-refractivity contribution is 6.23. The van der Waals surface area contributed by atoms with Gasteiger partial charge in [-0.2, -0.15) is 0 Å². The molecule has 1 aliphatic rings. The van der Waals surface area contributed by atoms with Gasteiger partial charge in [0.05, 0.1) is 16.8 Å². The molecule has 1 atom stereocenters. The lowest BCUT2D eigenvalue weighted by molar-refractivity contribution is -0.116. The van der Waals surface area contributed by atoms with Crippen LogP contribution in [0.1, 0.15) is 43.5 Å². The summed E-state index contributed by atoms with van der Waals surface area (Å²) in [6, 6.07) is 8.72.